The number of carboxylic acid groups (broad SMARTS) is 2. The van der Waals surface area contributed by atoms with E-state index < -0.39 is 60.3 Å². The zero-order valence-electron chi connectivity index (χ0n) is 19.3. The molecule has 1 heterocycles. The largest absolute Gasteiger partial charge is 0.481 e. The molecule has 8 N–H and O–H groups in total. The van der Waals surface area contributed by atoms with Crippen molar-refractivity contribution in [1.82, 2.24) is 21.3 Å². The van der Waals surface area contributed by atoms with Gasteiger partial charge in [0.2, 0.25) is 17.7 Å². The van der Waals surface area contributed by atoms with Crippen molar-refractivity contribution in [3.05, 3.63) is 0 Å². The van der Waals surface area contributed by atoms with Crippen LogP contribution < -0.4 is 27.0 Å². The van der Waals surface area contributed by atoms with Crippen LogP contribution in [0.15, 0.2) is 0 Å². The molecule has 0 aromatic rings. The van der Waals surface area contributed by atoms with Gasteiger partial charge in [0.05, 0.1) is 6.04 Å². The summed E-state index contributed by atoms with van der Waals surface area (Å²) in [4.78, 5) is 60.7. The Hall–Kier alpha value is -2.73. The topological polar surface area (TPSA) is 200 Å². The predicted octanol–water partition coefficient (Wildman–Crippen LogP) is -1.07. The number of hydrogen-bond donors (Lipinski definition) is 7. The molecule has 1 rings (SSSR count). The van der Waals surface area contributed by atoms with Gasteiger partial charge in [-0.25, -0.2) is 4.79 Å². The van der Waals surface area contributed by atoms with E-state index in [2.05, 4.69) is 21.3 Å². The standard InChI is InChI=1S/C21H37N5O7/c1-12(2)17(21(32)33)26-20(31)15(8-9-16(27)28)25-19(30)14(6-3-4-10-22)24-18(29)13-7-5-11-23-13/h12-15,17,23H,3-11,22H2,1-2H3,(H,24,29)(H,25,30)(H,26,31)(H,27,28)(H,32,33). The van der Waals surface area contributed by atoms with Gasteiger partial charge in [-0.2, -0.15) is 0 Å². The zero-order valence-corrected chi connectivity index (χ0v) is 19.3. The van der Waals surface area contributed by atoms with E-state index in [0.29, 0.717) is 38.8 Å². The molecule has 0 radical (unpaired) electrons. The van der Waals surface area contributed by atoms with Crippen LogP contribution in [0, 0.1) is 5.92 Å². The normalized spacial score (nSPS) is 18.2. The lowest BCUT2D eigenvalue weighted by Crippen LogP contribution is -2.57. The summed E-state index contributed by atoms with van der Waals surface area (Å²) in [7, 11) is 0. The molecule has 4 unspecified atom stereocenters. The highest BCUT2D eigenvalue weighted by Gasteiger charge is 2.32. The SMILES string of the molecule is CC(C)C(NC(=O)C(CCC(=O)O)NC(=O)C(CCCCN)NC(=O)C1CCCN1)C(=O)O. The van der Waals surface area contributed by atoms with E-state index in [1.165, 1.54) is 0 Å². The van der Waals surface area contributed by atoms with Crippen LogP contribution in [0.25, 0.3) is 0 Å². The first-order valence-electron chi connectivity index (χ1n) is 11.4. The molecule has 12 nitrogen and oxygen atoms in total. The second-order valence-corrected chi connectivity index (χ2v) is 8.56. The van der Waals surface area contributed by atoms with Crippen LogP contribution in [-0.2, 0) is 24.0 Å². The van der Waals surface area contributed by atoms with Crippen LogP contribution in [-0.4, -0.2) is 77.1 Å². The van der Waals surface area contributed by atoms with Crippen LogP contribution in [0.3, 0.4) is 0 Å². The molecule has 188 valence electrons. The highest BCUT2D eigenvalue weighted by molar-refractivity contribution is 5.94. The van der Waals surface area contributed by atoms with Crippen molar-refractivity contribution < 1.29 is 34.2 Å². The number of nitrogens with two attached hydrogens (primary N) is 1. The van der Waals surface area contributed by atoms with Crippen molar-refractivity contribution in [2.24, 2.45) is 11.7 Å². The minimum atomic E-state index is -1.27. The van der Waals surface area contributed by atoms with Crippen molar-refractivity contribution >= 4 is 29.7 Å². The third kappa shape index (κ3) is 10.2. The molecular weight excluding hydrogens is 434 g/mol. The van der Waals surface area contributed by atoms with E-state index >= 15 is 0 Å². The van der Waals surface area contributed by atoms with Gasteiger partial charge in [-0.15, -0.1) is 0 Å². The first kappa shape index (κ1) is 28.3. The van der Waals surface area contributed by atoms with E-state index in [0.717, 1.165) is 6.42 Å². The molecule has 0 saturated carbocycles. The highest BCUT2D eigenvalue weighted by atomic mass is 16.4. The second kappa shape index (κ2) is 14.4. The van der Waals surface area contributed by atoms with Crippen LogP contribution in [0.2, 0.25) is 0 Å². The predicted molar refractivity (Wildman–Crippen MR) is 119 cm³/mol. The number of nitrogens with one attached hydrogen (secondary N) is 4. The van der Waals surface area contributed by atoms with E-state index in [-0.39, 0.29) is 12.3 Å². The van der Waals surface area contributed by atoms with Gasteiger partial charge in [0.15, 0.2) is 0 Å². The molecule has 0 bridgehead atoms. The summed E-state index contributed by atoms with van der Waals surface area (Å²) in [5.74, 6) is -4.59. The van der Waals surface area contributed by atoms with Gasteiger partial charge < -0.3 is 37.2 Å². The molecule has 1 fully saturated rings. The molecule has 1 aliphatic heterocycles. The zero-order chi connectivity index (χ0) is 25.0. The van der Waals surface area contributed by atoms with Gasteiger partial charge in [0, 0.05) is 6.42 Å². The Labute approximate surface area is 193 Å². The first-order chi connectivity index (χ1) is 15.6. The van der Waals surface area contributed by atoms with Crippen molar-refractivity contribution in [3.8, 4) is 0 Å². The Morgan fingerprint density at radius 3 is 2.12 bits per heavy atom. The molecule has 12 heteroatoms. The number of carbonyl (C=O) groups is 5. The lowest BCUT2D eigenvalue weighted by molar-refractivity contribution is -0.144. The summed E-state index contributed by atoms with van der Waals surface area (Å²) >= 11 is 0. The summed E-state index contributed by atoms with van der Waals surface area (Å²) in [6.45, 7) is 4.36. The van der Waals surface area contributed by atoms with Crippen LogP contribution in [0.4, 0.5) is 0 Å². The number of rotatable bonds is 15. The van der Waals surface area contributed by atoms with Crippen molar-refractivity contribution in [2.75, 3.05) is 13.1 Å². The third-order valence-electron chi connectivity index (χ3n) is 5.47. The molecule has 0 spiro atoms. The van der Waals surface area contributed by atoms with Crippen LogP contribution >= 0.6 is 0 Å². The summed E-state index contributed by atoms with van der Waals surface area (Å²) in [6.07, 6.45) is 2.35. The van der Waals surface area contributed by atoms with E-state index in [1.54, 1.807) is 13.8 Å². The van der Waals surface area contributed by atoms with E-state index in [9.17, 15) is 29.1 Å². The lowest BCUT2D eigenvalue weighted by Gasteiger charge is -2.26. The Morgan fingerprint density at radius 2 is 1.61 bits per heavy atom. The fourth-order valence-corrected chi connectivity index (χ4v) is 3.52. The number of unbranched alkanes of at least 4 members (excludes halogenated alkanes) is 1. The maximum absolute atomic E-state index is 13.0. The van der Waals surface area contributed by atoms with Gasteiger partial charge in [-0.05, 0) is 57.5 Å². The fourth-order valence-electron chi connectivity index (χ4n) is 3.52. The Morgan fingerprint density at radius 1 is 0.970 bits per heavy atom. The maximum atomic E-state index is 13.0. The minimum absolute atomic E-state index is 0.231. The van der Waals surface area contributed by atoms with Gasteiger partial charge >= 0.3 is 11.9 Å². The average Bonchev–Trinajstić information content (AvgIpc) is 3.28. The van der Waals surface area contributed by atoms with Gasteiger partial charge in [0.1, 0.15) is 18.1 Å². The minimum Gasteiger partial charge on any atom is -0.481 e. The number of aliphatic carboxylic acids is 2. The molecular formula is C21H37N5O7. The maximum Gasteiger partial charge on any atom is 0.326 e. The second-order valence-electron chi connectivity index (χ2n) is 8.56. The summed E-state index contributed by atoms with van der Waals surface area (Å²) in [5.41, 5.74) is 5.52. The third-order valence-corrected chi connectivity index (χ3v) is 5.47. The first-order valence-corrected chi connectivity index (χ1v) is 11.4. The highest BCUT2D eigenvalue weighted by Crippen LogP contribution is 2.09. The van der Waals surface area contributed by atoms with Gasteiger partial charge in [-0.3, -0.25) is 19.2 Å². The fraction of sp³-hybridized carbons (Fsp3) is 0.762. The summed E-state index contributed by atoms with van der Waals surface area (Å²) in [6, 6.07) is -3.81. The van der Waals surface area contributed by atoms with Crippen LogP contribution in [0.1, 0.15) is 58.8 Å². The Balaban J connectivity index is 2.93. The number of hydrogen-bond acceptors (Lipinski definition) is 7. The van der Waals surface area contributed by atoms with Crippen LogP contribution in [0.5, 0.6) is 0 Å². The smallest absolute Gasteiger partial charge is 0.326 e. The molecule has 0 aliphatic carbocycles. The number of carboxylic acids is 2. The molecule has 0 aromatic carbocycles. The van der Waals surface area contributed by atoms with Gasteiger partial charge in [0.25, 0.3) is 0 Å². The number of carbonyl (C=O) groups excluding carboxylic acids is 3. The lowest BCUT2D eigenvalue weighted by atomic mass is 10.0. The molecule has 33 heavy (non-hydrogen) atoms. The van der Waals surface area contributed by atoms with Crippen molar-refractivity contribution in [1.29, 1.82) is 0 Å². The number of amides is 3. The molecule has 3 amide bonds. The molecule has 1 aliphatic rings. The van der Waals surface area contributed by atoms with E-state index in [1.807, 2.05) is 0 Å². The monoisotopic (exact) mass is 471 g/mol. The van der Waals surface area contributed by atoms with Crippen molar-refractivity contribution in [2.45, 2.75) is 83.0 Å². The average molecular weight is 472 g/mol. The summed E-state index contributed by atoms with van der Waals surface area (Å²) in [5, 5.41) is 29.0. The molecule has 1 saturated heterocycles. The van der Waals surface area contributed by atoms with Crippen molar-refractivity contribution in [3.63, 3.8) is 0 Å². The summed E-state index contributed by atoms with van der Waals surface area (Å²) < 4.78 is 0. The Bertz CT molecular complexity index is 694. The van der Waals surface area contributed by atoms with E-state index in [4.69, 9.17) is 10.8 Å². The van der Waals surface area contributed by atoms with Gasteiger partial charge in [-0.1, -0.05) is 13.8 Å². The molecule has 0 aromatic heterocycles. The molecule has 4 atom stereocenters. The quantitative estimate of drug-likeness (QED) is 0.145. The Kier molecular flexibility index (Phi) is 12.4.